The van der Waals surface area contributed by atoms with Crippen LogP contribution in [-0.4, -0.2) is 32.1 Å². The van der Waals surface area contributed by atoms with Gasteiger partial charge < -0.3 is 14.8 Å². The van der Waals surface area contributed by atoms with E-state index < -0.39 is 17.9 Å². The van der Waals surface area contributed by atoms with Gasteiger partial charge in [-0.2, -0.15) is 5.26 Å². The summed E-state index contributed by atoms with van der Waals surface area (Å²) in [5, 5.41) is 11.5. The van der Waals surface area contributed by atoms with Crippen molar-refractivity contribution in [3.8, 4) is 11.8 Å². The topological polar surface area (TPSA) is 88.4 Å². The number of carbonyl (C=O) groups is 2. The Kier molecular flexibility index (Phi) is 6.13. The molecule has 0 fully saturated rings. The highest BCUT2D eigenvalue weighted by Gasteiger charge is 2.22. The second kappa shape index (κ2) is 8.50. The Morgan fingerprint density at radius 1 is 1.08 bits per heavy atom. The van der Waals surface area contributed by atoms with Crippen LogP contribution in [0.2, 0.25) is 0 Å². The molecule has 1 N–H and O–H groups in total. The van der Waals surface area contributed by atoms with E-state index in [2.05, 4.69) is 5.32 Å². The first-order valence-corrected chi connectivity index (χ1v) is 7.59. The number of amides is 1. The van der Waals surface area contributed by atoms with Gasteiger partial charge in [-0.1, -0.05) is 12.1 Å². The van der Waals surface area contributed by atoms with Crippen LogP contribution >= 0.6 is 0 Å². The lowest BCUT2D eigenvalue weighted by Gasteiger charge is -2.17. The molecule has 1 amide bonds. The summed E-state index contributed by atoms with van der Waals surface area (Å²) in [6.07, 6.45) is 0.290. The van der Waals surface area contributed by atoms with Crippen molar-refractivity contribution < 1.29 is 19.1 Å². The minimum absolute atomic E-state index is 0.290. The van der Waals surface area contributed by atoms with Gasteiger partial charge in [0.15, 0.2) is 0 Å². The highest BCUT2D eigenvalue weighted by Crippen LogP contribution is 2.13. The fourth-order valence-electron chi connectivity index (χ4n) is 2.27. The predicted octanol–water partition coefficient (Wildman–Crippen LogP) is 2.08. The number of esters is 1. The second-order valence-electron chi connectivity index (χ2n) is 5.29. The lowest BCUT2D eigenvalue weighted by atomic mass is 10.0. The number of hydrogen-bond donors (Lipinski definition) is 1. The Balaban J connectivity index is 2.12. The van der Waals surface area contributed by atoms with Crippen molar-refractivity contribution in [2.75, 3.05) is 14.2 Å². The molecule has 2 aromatic rings. The molecule has 6 nitrogen and oxygen atoms in total. The normalized spacial score (nSPS) is 11.1. The van der Waals surface area contributed by atoms with Gasteiger partial charge in [-0.15, -0.1) is 0 Å². The molecule has 1 atom stereocenters. The van der Waals surface area contributed by atoms with Crippen molar-refractivity contribution in [3.05, 3.63) is 65.2 Å². The predicted molar refractivity (Wildman–Crippen MR) is 91.1 cm³/mol. The zero-order valence-electron chi connectivity index (χ0n) is 14.0. The van der Waals surface area contributed by atoms with Gasteiger partial charge in [0.1, 0.15) is 11.8 Å². The van der Waals surface area contributed by atoms with Crippen LogP contribution in [0.5, 0.6) is 5.75 Å². The molecule has 6 heteroatoms. The van der Waals surface area contributed by atoms with Crippen LogP contribution < -0.4 is 10.1 Å². The molecule has 0 saturated carbocycles. The highest BCUT2D eigenvalue weighted by molar-refractivity contribution is 5.96. The molecule has 0 radical (unpaired) electrons. The smallest absolute Gasteiger partial charge is 0.328 e. The molecule has 0 unspecified atom stereocenters. The van der Waals surface area contributed by atoms with Crippen LogP contribution in [0.15, 0.2) is 48.5 Å². The van der Waals surface area contributed by atoms with Crippen LogP contribution in [0.25, 0.3) is 0 Å². The maximum absolute atomic E-state index is 12.3. The number of carbonyl (C=O) groups excluding carboxylic acids is 2. The van der Waals surface area contributed by atoms with Gasteiger partial charge in [-0.05, 0) is 42.0 Å². The Morgan fingerprint density at radius 3 is 2.24 bits per heavy atom. The van der Waals surface area contributed by atoms with Gasteiger partial charge in [-0.25, -0.2) is 4.79 Å². The summed E-state index contributed by atoms with van der Waals surface area (Å²) in [4.78, 5) is 24.3. The molecule has 0 aliphatic heterocycles. The van der Waals surface area contributed by atoms with Crippen LogP contribution in [0, 0.1) is 11.3 Å². The molecular weight excluding hydrogens is 320 g/mol. The molecular formula is C19H18N2O4. The van der Waals surface area contributed by atoms with Crippen LogP contribution in [0.1, 0.15) is 21.5 Å². The number of rotatable bonds is 6. The van der Waals surface area contributed by atoms with E-state index in [1.54, 1.807) is 31.4 Å². The molecule has 25 heavy (non-hydrogen) atoms. The molecule has 0 spiro atoms. The Bertz CT molecular complexity index is 777. The number of methoxy groups -OCH3 is 2. The summed E-state index contributed by atoms with van der Waals surface area (Å²) in [6, 6.07) is 14.5. The summed E-state index contributed by atoms with van der Waals surface area (Å²) in [5.41, 5.74) is 1.68. The molecule has 0 aliphatic carbocycles. The standard InChI is InChI=1S/C19H18N2O4/c1-24-16-9-5-13(6-10-16)11-17(19(23)25-2)21-18(22)15-7-3-14(12-20)4-8-15/h3-10,17H,11H2,1-2H3,(H,21,22)/t17-/m0/s1. The Labute approximate surface area is 146 Å². The number of ether oxygens (including phenoxy) is 2. The minimum atomic E-state index is -0.818. The first-order chi connectivity index (χ1) is 12.1. The zero-order chi connectivity index (χ0) is 18.2. The maximum atomic E-state index is 12.3. The first kappa shape index (κ1) is 18.0. The van der Waals surface area contributed by atoms with Crippen molar-refractivity contribution in [2.24, 2.45) is 0 Å². The van der Waals surface area contributed by atoms with E-state index in [9.17, 15) is 9.59 Å². The van der Waals surface area contributed by atoms with Crippen molar-refractivity contribution in [1.82, 2.24) is 5.32 Å². The van der Waals surface area contributed by atoms with Crippen molar-refractivity contribution >= 4 is 11.9 Å². The third-order valence-corrected chi connectivity index (χ3v) is 3.67. The number of nitrogens with zero attached hydrogens (tertiary/aromatic N) is 1. The van der Waals surface area contributed by atoms with Gasteiger partial charge >= 0.3 is 5.97 Å². The largest absolute Gasteiger partial charge is 0.497 e. The monoisotopic (exact) mass is 338 g/mol. The molecule has 0 aromatic heterocycles. The third-order valence-electron chi connectivity index (χ3n) is 3.67. The van der Waals surface area contributed by atoms with E-state index in [0.29, 0.717) is 23.3 Å². The van der Waals surface area contributed by atoms with Gasteiger partial charge in [0.25, 0.3) is 5.91 Å². The first-order valence-electron chi connectivity index (χ1n) is 7.59. The van der Waals surface area contributed by atoms with Gasteiger partial charge in [0.2, 0.25) is 0 Å². The highest BCUT2D eigenvalue weighted by atomic mass is 16.5. The van der Waals surface area contributed by atoms with E-state index >= 15 is 0 Å². The molecule has 128 valence electrons. The average molecular weight is 338 g/mol. The zero-order valence-corrected chi connectivity index (χ0v) is 14.0. The number of nitrogens with one attached hydrogen (secondary N) is 1. The lowest BCUT2D eigenvalue weighted by molar-refractivity contribution is -0.142. The minimum Gasteiger partial charge on any atom is -0.497 e. The van der Waals surface area contributed by atoms with Gasteiger partial charge in [0, 0.05) is 12.0 Å². The van der Waals surface area contributed by atoms with E-state index in [0.717, 1.165) is 5.56 Å². The number of nitriles is 1. The van der Waals surface area contributed by atoms with Crippen LogP contribution in [0.3, 0.4) is 0 Å². The number of hydrogen-bond acceptors (Lipinski definition) is 5. The van der Waals surface area contributed by atoms with Crippen LogP contribution in [-0.2, 0) is 16.0 Å². The summed E-state index contributed by atoms with van der Waals surface area (Å²) in [7, 11) is 2.85. The van der Waals surface area contributed by atoms with Gasteiger partial charge in [0.05, 0.1) is 25.9 Å². The van der Waals surface area contributed by atoms with E-state index in [-0.39, 0.29) is 0 Å². The van der Waals surface area contributed by atoms with E-state index in [1.807, 2.05) is 18.2 Å². The Hall–Kier alpha value is -3.33. The lowest BCUT2D eigenvalue weighted by Crippen LogP contribution is -2.43. The van der Waals surface area contributed by atoms with Crippen molar-refractivity contribution in [2.45, 2.75) is 12.5 Å². The van der Waals surface area contributed by atoms with E-state index in [4.69, 9.17) is 14.7 Å². The molecule has 0 bridgehead atoms. The number of benzene rings is 2. The SMILES string of the molecule is COC(=O)[C@H](Cc1ccc(OC)cc1)NC(=O)c1ccc(C#N)cc1. The average Bonchev–Trinajstić information content (AvgIpc) is 2.67. The molecule has 2 aromatic carbocycles. The maximum Gasteiger partial charge on any atom is 0.328 e. The molecule has 2 rings (SSSR count). The summed E-state index contributed by atoms with van der Waals surface area (Å²) < 4.78 is 9.88. The molecule has 0 heterocycles. The Morgan fingerprint density at radius 2 is 1.72 bits per heavy atom. The molecule has 0 saturated heterocycles. The fraction of sp³-hybridized carbons (Fsp3) is 0.211. The third kappa shape index (κ3) is 4.82. The van der Waals surface area contributed by atoms with Crippen molar-refractivity contribution in [3.63, 3.8) is 0 Å². The van der Waals surface area contributed by atoms with Crippen molar-refractivity contribution in [1.29, 1.82) is 5.26 Å². The summed E-state index contributed by atoms with van der Waals surface area (Å²) in [5.74, 6) is -0.230. The molecule has 0 aliphatic rings. The van der Waals surface area contributed by atoms with Crippen LogP contribution in [0.4, 0.5) is 0 Å². The quantitative estimate of drug-likeness (QED) is 0.815. The van der Waals surface area contributed by atoms with E-state index in [1.165, 1.54) is 19.2 Å². The van der Waals surface area contributed by atoms with Gasteiger partial charge in [-0.3, -0.25) is 4.79 Å². The summed E-state index contributed by atoms with van der Waals surface area (Å²) >= 11 is 0. The summed E-state index contributed by atoms with van der Waals surface area (Å²) in [6.45, 7) is 0. The second-order valence-corrected chi connectivity index (χ2v) is 5.29. The fourth-order valence-corrected chi connectivity index (χ4v) is 2.27.